The second kappa shape index (κ2) is 5.86. The van der Waals surface area contributed by atoms with E-state index in [9.17, 15) is 0 Å². The molecule has 2 rings (SSSR count). The Bertz CT molecular complexity index is 173. The van der Waals surface area contributed by atoms with Crippen LogP contribution in [0, 0.1) is 5.92 Å². The first kappa shape index (κ1) is 11.4. The number of likely N-dealkylation sites (tertiary alicyclic amines) is 1. The monoisotopic (exact) mass is 210 g/mol. The quantitative estimate of drug-likeness (QED) is 0.775. The highest BCUT2D eigenvalue weighted by atomic mass is 15.2. The average Bonchev–Trinajstić information content (AvgIpc) is 2.53. The van der Waals surface area contributed by atoms with Gasteiger partial charge in [0.1, 0.15) is 0 Å². The molecule has 0 bridgehead atoms. The zero-order chi connectivity index (χ0) is 10.5. The van der Waals surface area contributed by atoms with E-state index in [2.05, 4.69) is 4.90 Å². The van der Waals surface area contributed by atoms with Gasteiger partial charge in [-0.3, -0.25) is 0 Å². The number of rotatable bonds is 3. The molecular formula is C13H26N2. The molecule has 1 saturated heterocycles. The largest absolute Gasteiger partial charge is 0.330 e. The predicted octanol–water partition coefficient (Wildman–Crippen LogP) is 2.38. The van der Waals surface area contributed by atoms with E-state index >= 15 is 0 Å². The molecule has 2 atom stereocenters. The van der Waals surface area contributed by atoms with Gasteiger partial charge in [-0.15, -0.1) is 0 Å². The van der Waals surface area contributed by atoms with Crippen molar-refractivity contribution in [3.8, 4) is 0 Å². The second-order valence-corrected chi connectivity index (χ2v) is 5.36. The van der Waals surface area contributed by atoms with Gasteiger partial charge in [-0.1, -0.05) is 12.8 Å². The minimum atomic E-state index is 0.886. The van der Waals surface area contributed by atoms with Crippen molar-refractivity contribution in [1.82, 2.24) is 4.90 Å². The SMILES string of the molecule is NCCC1CCC(N2CCCCCC2)C1. The number of hydrogen-bond acceptors (Lipinski definition) is 2. The molecule has 2 N–H and O–H groups in total. The van der Waals surface area contributed by atoms with Crippen LogP contribution in [0.3, 0.4) is 0 Å². The highest BCUT2D eigenvalue weighted by molar-refractivity contribution is 4.83. The molecule has 1 saturated carbocycles. The number of nitrogens with two attached hydrogens (primary N) is 1. The lowest BCUT2D eigenvalue weighted by atomic mass is 10.0. The van der Waals surface area contributed by atoms with Crippen LogP contribution in [0.2, 0.25) is 0 Å². The average molecular weight is 210 g/mol. The van der Waals surface area contributed by atoms with Gasteiger partial charge in [-0.2, -0.15) is 0 Å². The third-order valence-electron chi connectivity index (χ3n) is 4.25. The Labute approximate surface area is 94.2 Å². The standard InChI is InChI=1S/C13H26N2/c14-8-7-12-5-6-13(11-12)15-9-3-1-2-4-10-15/h12-13H,1-11,14H2. The van der Waals surface area contributed by atoms with Crippen molar-refractivity contribution in [2.75, 3.05) is 19.6 Å². The van der Waals surface area contributed by atoms with E-state index in [1.54, 1.807) is 0 Å². The summed E-state index contributed by atoms with van der Waals surface area (Å²) in [7, 11) is 0. The predicted molar refractivity (Wildman–Crippen MR) is 64.8 cm³/mol. The van der Waals surface area contributed by atoms with Crippen LogP contribution in [0.1, 0.15) is 51.4 Å². The fraction of sp³-hybridized carbons (Fsp3) is 1.00. The van der Waals surface area contributed by atoms with Gasteiger partial charge in [0.15, 0.2) is 0 Å². The highest BCUT2D eigenvalue weighted by Gasteiger charge is 2.28. The van der Waals surface area contributed by atoms with Crippen LogP contribution in [0.4, 0.5) is 0 Å². The molecule has 1 aliphatic heterocycles. The van der Waals surface area contributed by atoms with Gasteiger partial charge >= 0.3 is 0 Å². The summed E-state index contributed by atoms with van der Waals surface area (Å²) in [6, 6.07) is 0.902. The van der Waals surface area contributed by atoms with Crippen LogP contribution in [0.5, 0.6) is 0 Å². The van der Waals surface area contributed by atoms with Crippen molar-refractivity contribution in [1.29, 1.82) is 0 Å². The molecule has 15 heavy (non-hydrogen) atoms. The zero-order valence-corrected chi connectivity index (χ0v) is 9.96. The molecule has 88 valence electrons. The van der Waals surface area contributed by atoms with E-state index < -0.39 is 0 Å². The summed E-state index contributed by atoms with van der Waals surface area (Å²) in [5, 5.41) is 0. The van der Waals surface area contributed by atoms with Crippen molar-refractivity contribution in [3.05, 3.63) is 0 Å². The molecular weight excluding hydrogens is 184 g/mol. The maximum absolute atomic E-state index is 5.64. The van der Waals surface area contributed by atoms with Crippen molar-refractivity contribution in [2.24, 2.45) is 11.7 Å². The molecule has 2 aliphatic rings. The molecule has 2 unspecified atom stereocenters. The summed E-state index contributed by atoms with van der Waals surface area (Å²) in [6.07, 6.45) is 11.3. The molecule has 1 heterocycles. The van der Waals surface area contributed by atoms with Gasteiger partial charge < -0.3 is 10.6 Å². The minimum absolute atomic E-state index is 0.886. The fourth-order valence-corrected chi connectivity index (χ4v) is 3.34. The molecule has 2 fully saturated rings. The lowest BCUT2D eigenvalue weighted by molar-refractivity contribution is 0.201. The van der Waals surface area contributed by atoms with Gasteiger partial charge in [0.2, 0.25) is 0 Å². The molecule has 0 aromatic carbocycles. The Balaban J connectivity index is 1.78. The maximum Gasteiger partial charge on any atom is 0.00980 e. The maximum atomic E-state index is 5.64. The van der Waals surface area contributed by atoms with Gasteiger partial charge in [0, 0.05) is 6.04 Å². The van der Waals surface area contributed by atoms with Crippen LogP contribution in [0.25, 0.3) is 0 Å². The first-order chi connectivity index (χ1) is 7.40. The first-order valence-corrected chi connectivity index (χ1v) is 6.84. The molecule has 1 aliphatic carbocycles. The summed E-state index contributed by atoms with van der Waals surface area (Å²) in [6.45, 7) is 3.61. The van der Waals surface area contributed by atoms with Crippen LogP contribution in [0.15, 0.2) is 0 Å². The number of nitrogens with zero attached hydrogens (tertiary/aromatic N) is 1. The Hall–Kier alpha value is -0.0800. The summed E-state index contributed by atoms with van der Waals surface area (Å²) >= 11 is 0. The normalized spacial score (nSPS) is 34.2. The minimum Gasteiger partial charge on any atom is -0.330 e. The van der Waals surface area contributed by atoms with E-state index in [1.807, 2.05) is 0 Å². The van der Waals surface area contributed by atoms with Crippen molar-refractivity contribution >= 4 is 0 Å². The Morgan fingerprint density at radius 3 is 2.40 bits per heavy atom. The van der Waals surface area contributed by atoms with Crippen molar-refractivity contribution < 1.29 is 0 Å². The fourth-order valence-electron chi connectivity index (χ4n) is 3.34. The van der Waals surface area contributed by atoms with Crippen LogP contribution in [-0.2, 0) is 0 Å². The van der Waals surface area contributed by atoms with Crippen LogP contribution >= 0.6 is 0 Å². The summed E-state index contributed by atoms with van der Waals surface area (Å²) in [5.41, 5.74) is 5.64. The molecule has 0 aromatic heterocycles. The van der Waals surface area contributed by atoms with E-state index in [4.69, 9.17) is 5.73 Å². The van der Waals surface area contributed by atoms with E-state index in [-0.39, 0.29) is 0 Å². The Morgan fingerprint density at radius 2 is 1.73 bits per heavy atom. The summed E-state index contributed by atoms with van der Waals surface area (Å²) in [4.78, 5) is 2.77. The van der Waals surface area contributed by atoms with Crippen LogP contribution < -0.4 is 5.73 Å². The Morgan fingerprint density at radius 1 is 1.00 bits per heavy atom. The van der Waals surface area contributed by atoms with Crippen molar-refractivity contribution in [3.63, 3.8) is 0 Å². The molecule has 0 amide bonds. The van der Waals surface area contributed by atoms with E-state index in [0.717, 1.165) is 18.5 Å². The smallest absolute Gasteiger partial charge is 0.00980 e. The summed E-state index contributed by atoms with van der Waals surface area (Å²) in [5.74, 6) is 0.934. The Kier molecular flexibility index (Phi) is 4.45. The molecule has 0 spiro atoms. The highest BCUT2D eigenvalue weighted by Crippen LogP contribution is 2.32. The van der Waals surface area contributed by atoms with Crippen LogP contribution in [-0.4, -0.2) is 30.6 Å². The molecule has 0 radical (unpaired) electrons. The number of hydrogen-bond donors (Lipinski definition) is 1. The third-order valence-corrected chi connectivity index (χ3v) is 4.25. The first-order valence-electron chi connectivity index (χ1n) is 6.84. The van der Waals surface area contributed by atoms with E-state index in [0.29, 0.717) is 0 Å². The molecule has 2 nitrogen and oxygen atoms in total. The topological polar surface area (TPSA) is 29.3 Å². The lowest BCUT2D eigenvalue weighted by Crippen LogP contribution is -2.34. The van der Waals surface area contributed by atoms with Gasteiger partial charge in [0.05, 0.1) is 0 Å². The second-order valence-electron chi connectivity index (χ2n) is 5.36. The zero-order valence-electron chi connectivity index (χ0n) is 9.96. The molecule has 0 aromatic rings. The third kappa shape index (κ3) is 3.18. The lowest BCUT2D eigenvalue weighted by Gasteiger charge is -2.27. The summed E-state index contributed by atoms with van der Waals surface area (Å²) < 4.78 is 0. The van der Waals surface area contributed by atoms with Gasteiger partial charge in [0.25, 0.3) is 0 Å². The van der Waals surface area contributed by atoms with Gasteiger partial charge in [-0.25, -0.2) is 0 Å². The van der Waals surface area contributed by atoms with Crippen molar-refractivity contribution in [2.45, 2.75) is 57.4 Å². The van der Waals surface area contributed by atoms with E-state index in [1.165, 1.54) is 64.5 Å². The van der Waals surface area contributed by atoms with Gasteiger partial charge in [-0.05, 0) is 64.1 Å². The molecule has 2 heteroatoms.